The van der Waals surface area contributed by atoms with E-state index in [0.29, 0.717) is 0 Å². The van der Waals surface area contributed by atoms with E-state index < -0.39 is 0 Å². The van der Waals surface area contributed by atoms with E-state index in [2.05, 4.69) is 0 Å². The highest BCUT2D eigenvalue weighted by Gasteiger charge is 2.24. The molecule has 0 aromatic rings. The van der Waals surface area contributed by atoms with Crippen LogP contribution in [0.5, 0.6) is 0 Å². The molecule has 0 aliphatic heterocycles. The van der Waals surface area contributed by atoms with Gasteiger partial charge in [0.2, 0.25) is 0 Å². The van der Waals surface area contributed by atoms with Crippen LogP contribution in [0.25, 0.3) is 0 Å². The highest BCUT2D eigenvalue weighted by atomic mass is 16.5. The highest BCUT2D eigenvalue weighted by molar-refractivity contribution is 4.85. The first-order chi connectivity index (χ1) is 8.27. The molecule has 1 aliphatic carbocycles. The van der Waals surface area contributed by atoms with Crippen LogP contribution < -0.4 is 5.73 Å². The number of hydrogen-bond donors (Lipinski definition) is 1. The zero-order valence-corrected chi connectivity index (χ0v) is 11.4. The lowest BCUT2D eigenvalue weighted by Crippen LogP contribution is -2.41. The van der Waals surface area contributed by atoms with Gasteiger partial charge in [0, 0.05) is 32.5 Å². The Morgan fingerprint density at radius 3 is 2.24 bits per heavy atom. The Hall–Kier alpha value is -0.120. The zero-order valence-electron chi connectivity index (χ0n) is 11.4. The molecular weight excluding hydrogens is 214 g/mol. The van der Waals surface area contributed by atoms with Crippen LogP contribution in [0.1, 0.15) is 57.8 Å². The SMILES string of the molecule is COCCCOCCC1(N)CCCCCCC1. The predicted octanol–water partition coefficient (Wildman–Crippen LogP) is 2.87. The van der Waals surface area contributed by atoms with Crippen molar-refractivity contribution in [3.8, 4) is 0 Å². The normalized spacial score (nSPS) is 20.8. The molecule has 102 valence electrons. The molecule has 0 heterocycles. The minimum absolute atomic E-state index is 0.0433. The monoisotopic (exact) mass is 243 g/mol. The molecule has 1 aliphatic rings. The summed E-state index contributed by atoms with van der Waals surface area (Å²) in [7, 11) is 1.73. The number of rotatable bonds is 7. The van der Waals surface area contributed by atoms with Gasteiger partial charge in [-0.05, 0) is 25.7 Å². The third-order valence-corrected chi connectivity index (χ3v) is 3.73. The maximum absolute atomic E-state index is 6.46. The van der Waals surface area contributed by atoms with Gasteiger partial charge in [-0.3, -0.25) is 0 Å². The minimum atomic E-state index is 0.0433. The van der Waals surface area contributed by atoms with Crippen LogP contribution in [0.2, 0.25) is 0 Å². The zero-order chi connectivity index (χ0) is 12.4. The predicted molar refractivity (Wildman–Crippen MR) is 71.2 cm³/mol. The molecule has 1 rings (SSSR count). The Kier molecular flexibility index (Phi) is 7.82. The fraction of sp³-hybridized carbons (Fsp3) is 1.00. The summed E-state index contributed by atoms with van der Waals surface area (Å²) in [5.74, 6) is 0. The summed E-state index contributed by atoms with van der Waals surface area (Å²) in [5.41, 5.74) is 6.51. The summed E-state index contributed by atoms with van der Waals surface area (Å²) in [4.78, 5) is 0. The van der Waals surface area contributed by atoms with Crippen molar-refractivity contribution in [2.24, 2.45) is 5.73 Å². The van der Waals surface area contributed by atoms with Crippen molar-refractivity contribution >= 4 is 0 Å². The number of nitrogens with two attached hydrogens (primary N) is 1. The van der Waals surface area contributed by atoms with E-state index in [1.807, 2.05) is 0 Å². The molecule has 0 aromatic carbocycles. The van der Waals surface area contributed by atoms with E-state index in [4.69, 9.17) is 15.2 Å². The van der Waals surface area contributed by atoms with Crippen LogP contribution in [0.15, 0.2) is 0 Å². The molecule has 3 nitrogen and oxygen atoms in total. The topological polar surface area (TPSA) is 44.5 Å². The van der Waals surface area contributed by atoms with Crippen molar-refractivity contribution in [3.05, 3.63) is 0 Å². The first-order valence-electron chi connectivity index (χ1n) is 7.12. The average molecular weight is 243 g/mol. The molecule has 0 spiro atoms. The van der Waals surface area contributed by atoms with Crippen LogP contribution in [-0.4, -0.2) is 32.5 Å². The fourth-order valence-corrected chi connectivity index (χ4v) is 2.54. The second-order valence-electron chi connectivity index (χ2n) is 5.34. The average Bonchev–Trinajstić information content (AvgIpc) is 2.29. The van der Waals surface area contributed by atoms with Crippen LogP contribution in [0, 0.1) is 0 Å². The van der Waals surface area contributed by atoms with Crippen molar-refractivity contribution < 1.29 is 9.47 Å². The van der Waals surface area contributed by atoms with Crippen LogP contribution in [0.4, 0.5) is 0 Å². The molecule has 0 bridgehead atoms. The van der Waals surface area contributed by atoms with Crippen molar-refractivity contribution in [2.45, 2.75) is 63.3 Å². The molecule has 1 fully saturated rings. The maximum atomic E-state index is 6.46. The molecule has 0 atom stereocenters. The van der Waals surface area contributed by atoms with Crippen LogP contribution in [0.3, 0.4) is 0 Å². The lowest BCUT2D eigenvalue weighted by atomic mass is 9.82. The van der Waals surface area contributed by atoms with Crippen LogP contribution in [-0.2, 0) is 9.47 Å². The second-order valence-corrected chi connectivity index (χ2v) is 5.34. The van der Waals surface area contributed by atoms with Gasteiger partial charge >= 0.3 is 0 Å². The summed E-state index contributed by atoms with van der Waals surface area (Å²) < 4.78 is 10.6. The van der Waals surface area contributed by atoms with Gasteiger partial charge in [-0.25, -0.2) is 0 Å². The van der Waals surface area contributed by atoms with E-state index in [9.17, 15) is 0 Å². The first-order valence-corrected chi connectivity index (χ1v) is 7.12. The van der Waals surface area contributed by atoms with Crippen molar-refractivity contribution in [1.82, 2.24) is 0 Å². The lowest BCUT2D eigenvalue weighted by Gasteiger charge is -2.31. The summed E-state index contributed by atoms with van der Waals surface area (Å²) in [6.45, 7) is 2.39. The number of methoxy groups -OCH3 is 1. The van der Waals surface area contributed by atoms with Gasteiger partial charge in [-0.2, -0.15) is 0 Å². The van der Waals surface area contributed by atoms with Gasteiger partial charge in [-0.15, -0.1) is 0 Å². The molecular formula is C14H29NO2. The maximum Gasteiger partial charge on any atom is 0.0487 e. The molecule has 0 saturated heterocycles. The summed E-state index contributed by atoms with van der Waals surface area (Å²) in [5, 5.41) is 0. The van der Waals surface area contributed by atoms with Crippen molar-refractivity contribution in [3.63, 3.8) is 0 Å². The van der Waals surface area contributed by atoms with Crippen molar-refractivity contribution in [2.75, 3.05) is 26.9 Å². The standard InChI is InChI=1S/C14H29NO2/c1-16-11-7-12-17-13-10-14(15)8-5-3-2-4-6-9-14/h2-13,15H2,1H3. The second kappa shape index (κ2) is 8.90. The lowest BCUT2D eigenvalue weighted by molar-refractivity contribution is 0.0862. The first kappa shape index (κ1) is 14.9. The molecule has 0 unspecified atom stereocenters. The third kappa shape index (κ3) is 7.02. The molecule has 3 heteroatoms. The number of hydrogen-bond acceptors (Lipinski definition) is 3. The van der Waals surface area contributed by atoms with Gasteiger partial charge in [-0.1, -0.05) is 32.1 Å². The van der Waals surface area contributed by atoms with E-state index in [1.54, 1.807) is 7.11 Å². The van der Waals surface area contributed by atoms with Gasteiger partial charge in [0.15, 0.2) is 0 Å². The van der Waals surface area contributed by atoms with Crippen molar-refractivity contribution in [1.29, 1.82) is 0 Å². The molecule has 2 N–H and O–H groups in total. The Morgan fingerprint density at radius 2 is 1.59 bits per heavy atom. The molecule has 0 aromatic heterocycles. The van der Waals surface area contributed by atoms with E-state index in [1.165, 1.54) is 44.9 Å². The summed E-state index contributed by atoms with van der Waals surface area (Å²) in [6.07, 6.45) is 11.0. The Balaban J connectivity index is 2.09. The Labute approximate surface area is 106 Å². The smallest absolute Gasteiger partial charge is 0.0487 e. The van der Waals surface area contributed by atoms with Gasteiger partial charge in [0.1, 0.15) is 0 Å². The Bertz CT molecular complexity index is 177. The van der Waals surface area contributed by atoms with Crippen LogP contribution >= 0.6 is 0 Å². The molecule has 0 radical (unpaired) electrons. The number of ether oxygens (including phenoxy) is 2. The van der Waals surface area contributed by atoms with E-state index in [-0.39, 0.29) is 5.54 Å². The quantitative estimate of drug-likeness (QED) is 0.699. The largest absolute Gasteiger partial charge is 0.385 e. The van der Waals surface area contributed by atoms with Gasteiger partial charge < -0.3 is 15.2 Å². The highest BCUT2D eigenvalue weighted by Crippen LogP contribution is 2.26. The molecule has 1 saturated carbocycles. The Morgan fingerprint density at radius 1 is 0.941 bits per heavy atom. The molecule has 17 heavy (non-hydrogen) atoms. The van der Waals surface area contributed by atoms with E-state index in [0.717, 1.165) is 32.7 Å². The van der Waals surface area contributed by atoms with Gasteiger partial charge in [0.05, 0.1) is 0 Å². The minimum Gasteiger partial charge on any atom is -0.385 e. The third-order valence-electron chi connectivity index (χ3n) is 3.73. The fourth-order valence-electron chi connectivity index (χ4n) is 2.54. The molecule has 0 amide bonds. The summed E-state index contributed by atoms with van der Waals surface area (Å²) in [6, 6.07) is 0. The summed E-state index contributed by atoms with van der Waals surface area (Å²) >= 11 is 0. The van der Waals surface area contributed by atoms with E-state index >= 15 is 0 Å². The van der Waals surface area contributed by atoms with Gasteiger partial charge in [0.25, 0.3) is 0 Å².